The summed E-state index contributed by atoms with van der Waals surface area (Å²) < 4.78 is 7.21. The Hall–Kier alpha value is -3.00. The molecule has 0 spiro atoms. The number of carbonyl (C=O) groups is 1. The second kappa shape index (κ2) is 7.32. The third-order valence-corrected chi connectivity index (χ3v) is 4.79. The topological polar surface area (TPSA) is 89.1 Å². The van der Waals surface area contributed by atoms with Gasteiger partial charge in [-0.1, -0.05) is 11.2 Å². The standard InChI is InChI=1S/C19H22N6O2/c1-13-9-16(23-27-13)11-24-7-8-25-12-17(22-18(25)14(24)2)19(26)21-10-15-5-3-4-6-20-15/h3-6,9,12,14H,7-8,10-11H2,1-2H3,(H,21,26). The first-order valence-corrected chi connectivity index (χ1v) is 9.01. The maximum absolute atomic E-state index is 12.5. The number of amides is 1. The Kier molecular flexibility index (Phi) is 4.72. The normalized spacial score (nSPS) is 16.9. The molecule has 1 aliphatic rings. The summed E-state index contributed by atoms with van der Waals surface area (Å²) in [4.78, 5) is 23.6. The van der Waals surface area contributed by atoms with E-state index in [1.165, 1.54) is 0 Å². The number of hydrogen-bond donors (Lipinski definition) is 1. The lowest BCUT2D eigenvalue weighted by Gasteiger charge is -2.32. The molecule has 140 valence electrons. The molecule has 3 aromatic heterocycles. The molecule has 8 heteroatoms. The van der Waals surface area contributed by atoms with Crippen molar-refractivity contribution in [3.8, 4) is 0 Å². The average molecular weight is 366 g/mol. The van der Waals surface area contributed by atoms with Gasteiger partial charge >= 0.3 is 0 Å². The predicted octanol–water partition coefficient (Wildman–Crippen LogP) is 2.08. The summed E-state index contributed by atoms with van der Waals surface area (Å²) in [6, 6.07) is 7.67. The van der Waals surface area contributed by atoms with Crippen LogP contribution in [0.4, 0.5) is 0 Å². The van der Waals surface area contributed by atoms with Crippen molar-refractivity contribution in [1.29, 1.82) is 0 Å². The Bertz CT molecular complexity index is 933. The van der Waals surface area contributed by atoms with E-state index in [2.05, 4.69) is 36.8 Å². The van der Waals surface area contributed by atoms with Crippen molar-refractivity contribution >= 4 is 5.91 Å². The number of pyridine rings is 1. The van der Waals surface area contributed by atoms with E-state index in [4.69, 9.17) is 4.52 Å². The second-order valence-corrected chi connectivity index (χ2v) is 6.76. The number of nitrogens with one attached hydrogen (secondary N) is 1. The third-order valence-electron chi connectivity index (χ3n) is 4.79. The Morgan fingerprint density at radius 2 is 2.22 bits per heavy atom. The number of imidazole rings is 1. The SMILES string of the molecule is Cc1cc(CN2CCn3cc(C(=O)NCc4ccccn4)nc3C2C)no1. The number of hydrogen-bond acceptors (Lipinski definition) is 6. The number of nitrogens with zero attached hydrogens (tertiary/aromatic N) is 5. The van der Waals surface area contributed by atoms with Crippen LogP contribution in [0.2, 0.25) is 0 Å². The van der Waals surface area contributed by atoms with Crippen LogP contribution in [-0.2, 0) is 19.6 Å². The highest BCUT2D eigenvalue weighted by atomic mass is 16.5. The molecule has 0 radical (unpaired) electrons. The monoisotopic (exact) mass is 366 g/mol. The van der Waals surface area contributed by atoms with Crippen LogP contribution in [0.15, 0.2) is 41.2 Å². The van der Waals surface area contributed by atoms with Crippen LogP contribution in [0.25, 0.3) is 0 Å². The third kappa shape index (κ3) is 3.75. The molecular weight excluding hydrogens is 344 g/mol. The Morgan fingerprint density at radius 3 is 2.96 bits per heavy atom. The van der Waals surface area contributed by atoms with Gasteiger partial charge in [-0.25, -0.2) is 4.98 Å². The van der Waals surface area contributed by atoms with Crippen LogP contribution in [0, 0.1) is 6.92 Å². The zero-order valence-electron chi connectivity index (χ0n) is 15.4. The number of aromatic nitrogens is 4. The quantitative estimate of drug-likeness (QED) is 0.744. The van der Waals surface area contributed by atoms with E-state index < -0.39 is 0 Å². The van der Waals surface area contributed by atoms with Crippen LogP contribution in [0.3, 0.4) is 0 Å². The van der Waals surface area contributed by atoms with Gasteiger partial charge in [0.05, 0.1) is 24.0 Å². The molecule has 0 bridgehead atoms. The van der Waals surface area contributed by atoms with Crippen LogP contribution < -0.4 is 5.32 Å². The summed E-state index contributed by atoms with van der Waals surface area (Å²) in [7, 11) is 0. The van der Waals surface area contributed by atoms with Crippen LogP contribution in [0.1, 0.15) is 46.4 Å². The van der Waals surface area contributed by atoms with Gasteiger partial charge in [0.15, 0.2) is 0 Å². The first kappa shape index (κ1) is 17.4. The fraction of sp³-hybridized carbons (Fsp3) is 0.368. The van der Waals surface area contributed by atoms with E-state index in [0.717, 1.165) is 36.1 Å². The first-order chi connectivity index (χ1) is 13.1. The van der Waals surface area contributed by atoms with E-state index in [9.17, 15) is 4.79 Å². The van der Waals surface area contributed by atoms with Gasteiger partial charge in [0.2, 0.25) is 0 Å². The van der Waals surface area contributed by atoms with Crippen molar-refractivity contribution in [3.05, 3.63) is 65.3 Å². The molecule has 1 amide bonds. The fourth-order valence-corrected chi connectivity index (χ4v) is 3.33. The highest BCUT2D eigenvalue weighted by Crippen LogP contribution is 2.26. The van der Waals surface area contributed by atoms with Gasteiger partial charge in [-0.05, 0) is 26.0 Å². The number of rotatable bonds is 5. The van der Waals surface area contributed by atoms with Gasteiger partial charge in [-0.2, -0.15) is 0 Å². The van der Waals surface area contributed by atoms with Crippen molar-refractivity contribution in [1.82, 2.24) is 29.9 Å². The minimum atomic E-state index is -0.187. The Balaban J connectivity index is 1.43. The lowest BCUT2D eigenvalue weighted by atomic mass is 10.2. The molecule has 0 saturated carbocycles. The molecule has 0 saturated heterocycles. The van der Waals surface area contributed by atoms with Gasteiger partial charge in [0.1, 0.15) is 17.3 Å². The lowest BCUT2D eigenvalue weighted by molar-refractivity contribution is 0.0945. The minimum absolute atomic E-state index is 0.0908. The highest BCUT2D eigenvalue weighted by molar-refractivity contribution is 5.92. The van der Waals surface area contributed by atoms with Crippen molar-refractivity contribution in [2.45, 2.75) is 39.5 Å². The smallest absolute Gasteiger partial charge is 0.271 e. The highest BCUT2D eigenvalue weighted by Gasteiger charge is 2.28. The number of fused-ring (bicyclic) bond motifs is 1. The molecule has 3 aromatic rings. The summed E-state index contributed by atoms with van der Waals surface area (Å²) in [6.07, 6.45) is 3.54. The van der Waals surface area contributed by atoms with Crippen molar-refractivity contribution in [2.75, 3.05) is 6.54 Å². The average Bonchev–Trinajstić information content (AvgIpc) is 3.29. The summed E-state index contributed by atoms with van der Waals surface area (Å²) in [5.74, 6) is 1.51. The van der Waals surface area contributed by atoms with Gasteiger partial charge in [-0.3, -0.25) is 14.7 Å². The van der Waals surface area contributed by atoms with Gasteiger partial charge in [0.25, 0.3) is 5.91 Å². The number of aryl methyl sites for hydroxylation is 1. The Morgan fingerprint density at radius 1 is 1.33 bits per heavy atom. The van der Waals surface area contributed by atoms with Crippen LogP contribution >= 0.6 is 0 Å². The first-order valence-electron chi connectivity index (χ1n) is 9.01. The van der Waals surface area contributed by atoms with E-state index in [1.807, 2.05) is 37.4 Å². The molecule has 1 unspecified atom stereocenters. The van der Waals surface area contributed by atoms with E-state index in [1.54, 1.807) is 6.20 Å². The molecule has 1 N–H and O–H groups in total. The maximum atomic E-state index is 12.5. The number of carbonyl (C=O) groups excluding carboxylic acids is 1. The van der Waals surface area contributed by atoms with E-state index in [-0.39, 0.29) is 11.9 Å². The molecule has 4 heterocycles. The fourth-order valence-electron chi connectivity index (χ4n) is 3.33. The summed E-state index contributed by atoms with van der Waals surface area (Å²) in [5, 5.41) is 6.95. The molecule has 0 aromatic carbocycles. The Labute approximate surface area is 157 Å². The van der Waals surface area contributed by atoms with Gasteiger partial charge in [-0.15, -0.1) is 0 Å². The molecule has 8 nitrogen and oxygen atoms in total. The molecule has 0 fully saturated rings. The van der Waals surface area contributed by atoms with Crippen molar-refractivity contribution < 1.29 is 9.32 Å². The molecule has 4 rings (SSSR count). The minimum Gasteiger partial charge on any atom is -0.361 e. The van der Waals surface area contributed by atoms with Gasteiger partial charge < -0.3 is 14.4 Å². The summed E-state index contributed by atoms with van der Waals surface area (Å²) in [6.45, 7) is 6.73. The molecule has 1 aliphatic heterocycles. The van der Waals surface area contributed by atoms with Crippen molar-refractivity contribution in [2.24, 2.45) is 0 Å². The zero-order valence-corrected chi connectivity index (χ0v) is 15.4. The maximum Gasteiger partial charge on any atom is 0.271 e. The summed E-state index contributed by atoms with van der Waals surface area (Å²) >= 11 is 0. The zero-order chi connectivity index (χ0) is 18.8. The molecule has 27 heavy (non-hydrogen) atoms. The lowest BCUT2D eigenvalue weighted by Crippen LogP contribution is -2.36. The summed E-state index contributed by atoms with van der Waals surface area (Å²) in [5.41, 5.74) is 2.16. The predicted molar refractivity (Wildman–Crippen MR) is 97.7 cm³/mol. The largest absolute Gasteiger partial charge is 0.361 e. The van der Waals surface area contributed by atoms with E-state index >= 15 is 0 Å². The molecule has 0 aliphatic carbocycles. The second-order valence-electron chi connectivity index (χ2n) is 6.76. The van der Waals surface area contributed by atoms with Crippen LogP contribution in [0.5, 0.6) is 0 Å². The molecular formula is C19H22N6O2. The molecule has 1 atom stereocenters. The van der Waals surface area contributed by atoms with Crippen molar-refractivity contribution in [3.63, 3.8) is 0 Å². The van der Waals surface area contributed by atoms with E-state index in [0.29, 0.717) is 18.8 Å². The van der Waals surface area contributed by atoms with Gasteiger partial charge in [0, 0.05) is 38.1 Å². The van der Waals surface area contributed by atoms with Crippen LogP contribution in [-0.4, -0.2) is 37.0 Å².